The third kappa shape index (κ3) is 5.21. The highest BCUT2D eigenvalue weighted by Crippen LogP contribution is 2.41. The van der Waals surface area contributed by atoms with Gasteiger partial charge < -0.3 is 9.62 Å². The summed E-state index contributed by atoms with van der Waals surface area (Å²) in [7, 11) is 0. The van der Waals surface area contributed by atoms with Crippen molar-refractivity contribution in [1.82, 2.24) is 9.62 Å². The van der Waals surface area contributed by atoms with E-state index in [0.717, 1.165) is 26.1 Å². The molecule has 2 heterocycles. The summed E-state index contributed by atoms with van der Waals surface area (Å²) < 4.78 is 0. The molecule has 1 atom stereocenters. The molecule has 0 aromatic heterocycles. The maximum atomic E-state index is 2.87. The second kappa shape index (κ2) is 9.65. The van der Waals surface area contributed by atoms with Crippen LogP contribution in [0.3, 0.4) is 0 Å². The van der Waals surface area contributed by atoms with Gasteiger partial charge in [-0.3, -0.25) is 0 Å². The molecule has 2 saturated heterocycles. The standard InChI is InChI=1S/C23H40B2N2/c1-5-14-24-16-10-17-27(24)23(3,4)19-22-13-18-26(25(22)15-6-2)20-21-11-8-7-9-12-21/h7-9,11-12,22H,5-6,10,13-20H2,1-4H3. The van der Waals surface area contributed by atoms with Gasteiger partial charge in [-0.25, -0.2) is 0 Å². The number of nitrogens with zero attached hydrogens (tertiary/aromatic N) is 2. The molecule has 0 amide bonds. The van der Waals surface area contributed by atoms with Crippen LogP contribution in [-0.4, -0.2) is 41.9 Å². The van der Waals surface area contributed by atoms with Crippen molar-refractivity contribution in [2.45, 2.75) is 96.7 Å². The van der Waals surface area contributed by atoms with Gasteiger partial charge in [-0.2, -0.15) is 0 Å². The van der Waals surface area contributed by atoms with Crippen LogP contribution in [0.5, 0.6) is 0 Å². The van der Waals surface area contributed by atoms with E-state index in [0.29, 0.717) is 5.54 Å². The van der Waals surface area contributed by atoms with Gasteiger partial charge in [0.2, 0.25) is 13.7 Å². The molecule has 27 heavy (non-hydrogen) atoms. The quantitative estimate of drug-likeness (QED) is 0.499. The molecule has 1 aromatic rings. The first-order valence-electron chi connectivity index (χ1n) is 11.6. The first-order valence-corrected chi connectivity index (χ1v) is 11.6. The molecule has 2 aliphatic heterocycles. The fraction of sp³-hybridized carbons (Fsp3) is 0.739. The van der Waals surface area contributed by atoms with Gasteiger partial charge in [0.05, 0.1) is 0 Å². The molecule has 3 rings (SSSR count). The maximum Gasteiger partial charge on any atom is 0.226 e. The molecule has 0 radical (unpaired) electrons. The predicted molar refractivity (Wildman–Crippen MR) is 122 cm³/mol. The minimum atomic E-state index is 0.343. The van der Waals surface area contributed by atoms with Crippen LogP contribution in [0, 0.1) is 0 Å². The highest BCUT2D eigenvalue weighted by Gasteiger charge is 2.43. The van der Waals surface area contributed by atoms with Crippen LogP contribution in [0.1, 0.15) is 65.4 Å². The van der Waals surface area contributed by atoms with E-state index in [2.05, 4.69) is 67.6 Å². The van der Waals surface area contributed by atoms with E-state index in [-0.39, 0.29) is 0 Å². The molecule has 0 bridgehead atoms. The second-order valence-electron chi connectivity index (χ2n) is 9.66. The summed E-state index contributed by atoms with van der Waals surface area (Å²) in [5, 5.41) is 0. The number of rotatable bonds is 9. The highest BCUT2D eigenvalue weighted by atomic mass is 15.1. The molecule has 0 spiro atoms. The van der Waals surface area contributed by atoms with E-state index in [4.69, 9.17) is 0 Å². The molecular weight excluding hydrogens is 326 g/mol. The molecule has 148 valence electrons. The lowest BCUT2D eigenvalue weighted by atomic mass is 9.46. The van der Waals surface area contributed by atoms with Crippen molar-refractivity contribution in [2.24, 2.45) is 0 Å². The molecule has 2 aliphatic rings. The maximum absolute atomic E-state index is 2.87. The minimum Gasteiger partial charge on any atom is -0.338 e. The summed E-state index contributed by atoms with van der Waals surface area (Å²) in [4.78, 5) is 5.66. The van der Waals surface area contributed by atoms with Crippen LogP contribution in [0.2, 0.25) is 24.8 Å². The van der Waals surface area contributed by atoms with Crippen molar-refractivity contribution in [2.75, 3.05) is 13.1 Å². The van der Waals surface area contributed by atoms with Crippen LogP contribution in [0.4, 0.5) is 0 Å². The zero-order chi connectivity index (χ0) is 19.3. The summed E-state index contributed by atoms with van der Waals surface area (Å²) in [5.41, 5.74) is 1.82. The third-order valence-electron chi connectivity index (χ3n) is 7.15. The van der Waals surface area contributed by atoms with Gasteiger partial charge in [-0.15, -0.1) is 0 Å². The lowest BCUT2D eigenvalue weighted by Crippen LogP contribution is -2.50. The lowest BCUT2D eigenvalue weighted by molar-refractivity contribution is 0.218. The molecule has 2 nitrogen and oxygen atoms in total. The zero-order valence-corrected chi connectivity index (χ0v) is 18.3. The smallest absolute Gasteiger partial charge is 0.226 e. The Morgan fingerprint density at radius 1 is 1.04 bits per heavy atom. The fourth-order valence-corrected chi connectivity index (χ4v) is 5.98. The Balaban J connectivity index is 1.66. The van der Waals surface area contributed by atoms with Gasteiger partial charge in [0.1, 0.15) is 0 Å². The predicted octanol–water partition coefficient (Wildman–Crippen LogP) is 5.94. The average molecular weight is 366 g/mol. The normalized spacial score (nSPS) is 22.1. The first kappa shape index (κ1) is 21.0. The highest BCUT2D eigenvalue weighted by molar-refractivity contribution is 6.58. The minimum absolute atomic E-state index is 0.343. The first-order chi connectivity index (χ1) is 13.0. The van der Waals surface area contributed by atoms with Gasteiger partial charge in [0.15, 0.2) is 0 Å². The Morgan fingerprint density at radius 2 is 1.78 bits per heavy atom. The Morgan fingerprint density at radius 3 is 2.48 bits per heavy atom. The van der Waals surface area contributed by atoms with E-state index in [1.807, 2.05) is 0 Å². The van der Waals surface area contributed by atoms with Crippen LogP contribution in [0.25, 0.3) is 0 Å². The largest absolute Gasteiger partial charge is 0.338 e. The summed E-state index contributed by atoms with van der Waals surface area (Å²) in [6, 6.07) is 11.1. The van der Waals surface area contributed by atoms with Gasteiger partial charge in [0.25, 0.3) is 0 Å². The van der Waals surface area contributed by atoms with Crippen molar-refractivity contribution in [3.05, 3.63) is 35.9 Å². The fourth-order valence-electron chi connectivity index (χ4n) is 5.98. The Hall–Kier alpha value is -0.730. The second-order valence-corrected chi connectivity index (χ2v) is 9.66. The Labute approximate surface area is 169 Å². The zero-order valence-electron chi connectivity index (χ0n) is 18.3. The van der Waals surface area contributed by atoms with E-state index < -0.39 is 0 Å². The van der Waals surface area contributed by atoms with Crippen molar-refractivity contribution < 1.29 is 0 Å². The van der Waals surface area contributed by atoms with Crippen LogP contribution in [-0.2, 0) is 6.54 Å². The summed E-state index contributed by atoms with van der Waals surface area (Å²) in [6.07, 6.45) is 10.9. The molecular formula is C23H40B2N2. The van der Waals surface area contributed by atoms with Crippen LogP contribution < -0.4 is 0 Å². The monoisotopic (exact) mass is 366 g/mol. The Bertz CT molecular complexity index is 563. The van der Waals surface area contributed by atoms with Gasteiger partial charge in [-0.1, -0.05) is 76.0 Å². The van der Waals surface area contributed by atoms with E-state index in [9.17, 15) is 0 Å². The summed E-state index contributed by atoms with van der Waals surface area (Å²) >= 11 is 0. The lowest BCUT2D eigenvalue weighted by Gasteiger charge is -2.42. The average Bonchev–Trinajstić information content (AvgIpc) is 3.26. The molecule has 1 unspecified atom stereocenters. The van der Waals surface area contributed by atoms with E-state index in [1.54, 1.807) is 0 Å². The Kier molecular flexibility index (Phi) is 7.50. The SMILES string of the molecule is CCCB1C(CC(C)(C)N2CCCB2CCC)CCN1Cc1ccccc1. The van der Waals surface area contributed by atoms with Gasteiger partial charge in [-0.05, 0) is 57.6 Å². The van der Waals surface area contributed by atoms with Crippen LogP contribution >= 0.6 is 0 Å². The molecule has 4 heteroatoms. The topological polar surface area (TPSA) is 6.48 Å². The van der Waals surface area contributed by atoms with E-state index >= 15 is 0 Å². The number of hydrogen-bond acceptors (Lipinski definition) is 2. The molecule has 0 saturated carbocycles. The summed E-state index contributed by atoms with van der Waals surface area (Å²) in [5.74, 6) is 0.853. The van der Waals surface area contributed by atoms with Crippen molar-refractivity contribution in [3.63, 3.8) is 0 Å². The van der Waals surface area contributed by atoms with Crippen molar-refractivity contribution in [3.8, 4) is 0 Å². The van der Waals surface area contributed by atoms with Crippen molar-refractivity contribution >= 4 is 13.7 Å². The van der Waals surface area contributed by atoms with Gasteiger partial charge >= 0.3 is 0 Å². The van der Waals surface area contributed by atoms with Crippen molar-refractivity contribution in [1.29, 1.82) is 0 Å². The molecule has 2 fully saturated rings. The third-order valence-corrected chi connectivity index (χ3v) is 7.15. The molecule has 0 aliphatic carbocycles. The van der Waals surface area contributed by atoms with E-state index in [1.165, 1.54) is 69.7 Å². The molecule has 0 N–H and O–H groups in total. The van der Waals surface area contributed by atoms with Crippen LogP contribution in [0.15, 0.2) is 30.3 Å². The summed E-state index contributed by atoms with van der Waals surface area (Å²) in [6.45, 7) is 15.1. The van der Waals surface area contributed by atoms with Gasteiger partial charge in [0, 0.05) is 12.1 Å². The number of hydrogen-bond donors (Lipinski definition) is 0. The molecule has 1 aromatic carbocycles. The number of benzene rings is 1.